The van der Waals surface area contributed by atoms with Crippen molar-refractivity contribution < 1.29 is 23.1 Å². The third-order valence-corrected chi connectivity index (χ3v) is 3.86. The number of amides is 3. The van der Waals surface area contributed by atoms with E-state index in [0.29, 0.717) is 24.3 Å². The van der Waals surface area contributed by atoms with E-state index in [2.05, 4.69) is 15.4 Å². The number of nitrogens with zero attached hydrogens (tertiary/aromatic N) is 1. The van der Waals surface area contributed by atoms with Gasteiger partial charge in [-0.1, -0.05) is 6.07 Å². The van der Waals surface area contributed by atoms with Crippen molar-refractivity contribution in [2.24, 2.45) is 0 Å². The van der Waals surface area contributed by atoms with E-state index in [1.807, 2.05) is 0 Å². The van der Waals surface area contributed by atoms with Crippen molar-refractivity contribution in [3.8, 4) is 5.75 Å². The second-order valence-corrected chi connectivity index (χ2v) is 5.72. The van der Waals surface area contributed by atoms with E-state index in [4.69, 9.17) is 0 Å². The molecule has 3 amide bonds. The fourth-order valence-corrected chi connectivity index (χ4v) is 2.73. The van der Waals surface area contributed by atoms with Crippen LogP contribution in [0.5, 0.6) is 5.75 Å². The summed E-state index contributed by atoms with van der Waals surface area (Å²) in [5.41, 5.74) is 0.848. The third-order valence-electron chi connectivity index (χ3n) is 3.86. The van der Waals surface area contributed by atoms with Crippen LogP contribution in [0.3, 0.4) is 0 Å². The van der Waals surface area contributed by atoms with Crippen LogP contribution in [-0.4, -0.2) is 42.6 Å². The lowest BCUT2D eigenvalue weighted by molar-refractivity contribution is -0.119. The first-order valence-electron chi connectivity index (χ1n) is 7.74. The van der Waals surface area contributed by atoms with Crippen LogP contribution in [0.2, 0.25) is 0 Å². The number of anilines is 1. The topological polar surface area (TPSA) is 70.7 Å². The molecule has 0 aromatic heterocycles. The smallest absolute Gasteiger partial charge is 0.387 e. The molecule has 2 N–H and O–H groups in total. The van der Waals surface area contributed by atoms with Crippen molar-refractivity contribution in [3.63, 3.8) is 0 Å². The van der Waals surface area contributed by atoms with Crippen LogP contribution < -0.4 is 15.4 Å². The maximum atomic E-state index is 12.4. The van der Waals surface area contributed by atoms with Gasteiger partial charge in [-0.15, -0.1) is 0 Å². The number of benzene rings is 1. The van der Waals surface area contributed by atoms with Crippen molar-refractivity contribution in [2.75, 3.05) is 18.4 Å². The van der Waals surface area contributed by atoms with E-state index in [9.17, 15) is 18.4 Å². The van der Waals surface area contributed by atoms with Gasteiger partial charge in [0.1, 0.15) is 5.75 Å². The van der Waals surface area contributed by atoms with Crippen molar-refractivity contribution in [1.82, 2.24) is 10.2 Å². The summed E-state index contributed by atoms with van der Waals surface area (Å²) in [5, 5.41) is 5.53. The molecule has 1 atom stereocenters. The Morgan fingerprint density at radius 2 is 2.12 bits per heavy atom. The minimum Gasteiger partial charge on any atom is -0.434 e. The van der Waals surface area contributed by atoms with E-state index in [1.54, 1.807) is 17.9 Å². The van der Waals surface area contributed by atoms with Gasteiger partial charge < -0.3 is 20.3 Å². The minimum absolute atomic E-state index is 0.0255. The molecule has 132 valence electrons. The summed E-state index contributed by atoms with van der Waals surface area (Å²) in [7, 11) is 0. The van der Waals surface area contributed by atoms with Crippen LogP contribution in [0, 0.1) is 6.92 Å². The van der Waals surface area contributed by atoms with Gasteiger partial charge in [0, 0.05) is 37.3 Å². The highest BCUT2D eigenvalue weighted by Crippen LogP contribution is 2.27. The molecule has 1 heterocycles. The molecule has 0 bridgehead atoms. The number of piperidine rings is 1. The quantitative estimate of drug-likeness (QED) is 0.885. The van der Waals surface area contributed by atoms with Crippen LogP contribution in [0.4, 0.5) is 19.3 Å². The van der Waals surface area contributed by atoms with Crippen LogP contribution in [0.15, 0.2) is 18.2 Å². The Labute approximate surface area is 139 Å². The molecule has 24 heavy (non-hydrogen) atoms. The maximum Gasteiger partial charge on any atom is 0.387 e. The summed E-state index contributed by atoms with van der Waals surface area (Å²) >= 11 is 0. The molecule has 0 saturated carbocycles. The summed E-state index contributed by atoms with van der Waals surface area (Å²) in [4.78, 5) is 25.1. The van der Waals surface area contributed by atoms with Crippen LogP contribution in [0.25, 0.3) is 0 Å². The largest absolute Gasteiger partial charge is 0.434 e. The summed E-state index contributed by atoms with van der Waals surface area (Å²) in [6.07, 6.45) is 1.60. The van der Waals surface area contributed by atoms with Gasteiger partial charge in [-0.25, -0.2) is 4.79 Å². The first kappa shape index (κ1) is 18.0. The summed E-state index contributed by atoms with van der Waals surface area (Å²) in [6, 6.07) is 4.18. The second-order valence-electron chi connectivity index (χ2n) is 5.72. The normalized spacial score (nSPS) is 17.5. The molecule has 2 rings (SSSR count). The number of carbonyl (C=O) groups excluding carboxylic acids is 2. The summed E-state index contributed by atoms with van der Waals surface area (Å²) in [5.74, 6) is -0.104. The Hall–Kier alpha value is -2.38. The zero-order chi connectivity index (χ0) is 17.7. The van der Waals surface area contributed by atoms with E-state index >= 15 is 0 Å². The van der Waals surface area contributed by atoms with Crippen molar-refractivity contribution in [3.05, 3.63) is 23.8 Å². The lowest BCUT2D eigenvalue weighted by atomic mass is 10.1. The number of hydrogen-bond acceptors (Lipinski definition) is 3. The fourth-order valence-electron chi connectivity index (χ4n) is 2.73. The van der Waals surface area contributed by atoms with E-state index in [0.717, 1.165) is 12.8 Å². The average molecular weight is 341 g/mol. The zero-order valence-electron chi connectivity index (χ0n) is 13.6. The third kappa shape index (κ3) is 4.81. The van der Waals surface area contributed by atoms with E-state index in [-0.39, 0.29) is 23.7 Å². The Balaban J connectivity index is 2.02. The molecule has 1 unspecified atom stereocenters. The molecule has 1 aliphatic rings. The Bertz CT molecular complexity index is 610. The number of urea groups is 1. The standard InChI is InChI=1S/C16H21F2N3O3/c1-10-13(6-3-7-14(10)24-15(17)18)20-16(23)21-8-4-5-12(9-21)19-11(2)22/h3,6-7,12,15H,4-5,8-9H2,1-2H3,(H,19,22)(H,20,23). The summed E-state index contributed by atoms with van der Waals surface area (Å²) < 4.78 is 29.2. The Morgan fingerprint density at radius 1 is 1.38 bits per heavy atom. The monoisotopic (exact) mass is 341 g/mol. The predicted octanol–water partition coefficient (Wildman–Crippen LogP) is 2.73. The molecule has 0 radical (unpaired) electrons. The lowest BCUT2D eigenvalue weighted by Gasteiger charge is -2.33. The Morgan fingerprint density at radius 3 is 2.79 bits per heavy atom. The van der Waals surface area contributed by atoms with Crippen LogP contribution in [0.1, 0.15) is 25.3 Å². The molecule has 0 aliphatic carbocycles. The van der Waals surface area contributed by atoms with Gasteiger partial charge >= 0.3 is 12.6 Å². The molecular formula is C16H21F2N3O3. The van der Waals surface area contributed by atoms with Gasteiger partial charge in [0.15, 0.2) is 0 Å². The molecule has 6 nitrogen and oxygen atoms in total. The lowest BCUT2D eigenvalue weighted by Crippen LogP contribution is -2.50. The minimum atomic E-state index is -2.92. The first-order chi connectivity index (χ1) is 11.4. The SMILES string of the molecule is CC(=O)NC1CCCN(C(=O)Nc2cccc(OC(F)F)c2C)C1. The number of ether oxygens (including phenoxy) is 1. The van der Waals surface area contributed by atoms with Gasteiger partial charge in [0.05, 0.1) is 0 Å². The Kier molecular flexibility index (Phi) is 5.94. The van der Waals surface area contributed by atoms with Crippen molar-refractivity contribution >= 4 is 17.6 Å². The zero-order valence-corrected chi connectivity index (χ0v) is 13.6. The van der Waals surface area contributed by atoms with Gasteiger partial charge in [-0.3, -0.25) is 4.79 Å². The maximum absolute atomic E-state index is 12.4. The molecular weight excluding hydrogens is 320 g/mol. The fraction of sp³-hybridized carbons (Fsp3) is 0.500. The van der Waals surface area contributed by atoms with Crippen molar-refractivity contribution in [2.45, 2.75) is 39.3 Å². The van der Waals surface area contributed by atoms with E-state index < -0.39 is 6.61 Å². The highest BCUT2D eigenvalue weighted by molar-refractivity contribution is 5.90. The number of hydrogen-bond donors (Lipinski definition) is 2. The second kappa shape index (κ2) is 7.94. The first-order valence-corrected chi connectivity index (χ1v) is 7.74. The van der Waals surface area contributed by atoms with Gasteiger partial charge in [-0.05, 0) is 31.9 Å². The molecule has 1 saturated heterocycles. The van der Waals surface area contributed by atoms with Crippen LogP contribution >= 0.6 is 0 Å². The number of alkyl halides is 2. The van der Waals surface area contributed by atoms with Gasteiger partial charge in [-0.2, -0.15) is 8.78 Å². The number of likely N-dealkylation sites (tertiary alicyclic amines) is 1. The molecule has 1 aliphatic heterocycles. The predicted molar refractivity (Wildman–Crippen MR) is 85.2 cm³/mol. The molecule has 8 heteroatoms. The molecule has 1 aromatic carbocycles. The average Bonchev–Trinajstić information content (AvgIpc) is 2.50. The van der Waals surface area contributed by atoms with Crippen molar-refractivity contribution in [1.29, 1.82) is 0 Å². The van der Waals surface area contributed by atoms with Crippen LogP contribution in [-0.2, 0) is 4.79 Å². The summed E-state index contributed by atoms with van der Waals surface area (Å²) in [6.45, 7) is 1.11. The highest BCUT2D eigenvalue weighted by Gasteiger charge is 2.24. The molecule has 1 aromatic rings. The number of nitrogens with one attached hydrogen (secondary N) is 2. The molecule has 1 fully saturated rings. The van der Waals surface area contributed by atoms with Gasteiger partial charge in [0.25, 0.3) is 0 Å². The van der Waals surface area contributed by atoms with Gasteiger partial charge in [0.2, 0.25) is 5.91 Å². The van der Waals surface area contributed by atoms with E-state index in [1.165, 1.54) is 19.1 Å². The highest BCUT2D eigenvalue weighted by atomic mass is 19.3. The molecule has 0 spiro atoms. The number of carbonyl (C=O) groups is 2. The number of halogens is 2. The number of rotatable bonds is 4.